The first kappa shape index (κ1) is 18.3. The van der Waals surface area contributed by atoms with Gasteiger partial charge in [0.15, 0.2) is 23.2 Å². The number of halogens is 2. The number of rotatable bonds is 6. The maximum atomic E-state index is 15.0. The fraction of sp³-hybridized carbons (Fsp3) is 0.318. The maximum absolute atomic E-state index is 15.0. The van der Waals surface area contributed by atoms with E-state index in [0.29, 0.717) is 29.2 Å². The summed E-state index contributed by atoms with van der Waals surface area (Å²) in [6, 6.07) is 6.35. The van der Waals surface area contributed by atoms with Crippen molar-refractivity contribution in [1.29, 1.82) is 0 Å². The fourth-order valence-electron chi connectivity index (χ4n) is 3.78. The van der Waals surface area contributed by atoms with Gasteiger partial charge in [-0.05, 0) is 38.7 Å². The Labute approximate surface area is 176 Å². The van der Waals surface area contributed by atoms with Crippen molar-refractivity contribution in [3.63, 3.8) is 0 Å². The lowest BCUT2D eigenvalue weighted by atomic mass is 10.2. The third-order valence-corrected chi connectivity index (χ3v) is 5.70. The maximum Gasteiger partial charge on any atom is 0.324 e. The second-order valence-electron chi connectivity index (χ2n) is 8.36. The molecule has 0 unspecified atom stereocenters. The Balaban J connectivity index is 1.33. The van der Waals surface area contributed by atoms with Crippen molar-refractivity contribution in [3.8, 4) is 11.8 Å². The summed E-state index contributed by atoms with van der Waals surface area (Å²) in [5, 5.41) is 10.6. The van der Waals surface area contributed by atoms with Crippen molar-refractivity contribution >= 4 is 22.5 Å². The summed E-state index contributed by atoms with van der Waals surface area (Å²) in [6.45, 7) is 1.74. The van der Waals surface area contributed by atoms with Gasteiger partial charge in [0, 0.05) is 46.8 Å². The van der Waals surface area contributed by atoms with Gasteiger partial charge in [-0.25, -0.2) is 8.78 Å². The highest BCUT2D eigenvalue weighted by atomic mass is 19.1. The summed E-state index contributed by atoms with van der Waals surface area (Å²) in [7, 11) is 0. The van der Waals surface area contributed by atoms with E-state index < -0.39 is 11.6 Å². The first-order valence-electron chi connectivity index (χ1n) is 10.4. The molecule has 1 aromatic carbocycles. The molecule has 2 aliphatic carbocycles. The monoisotopic (exact) mass is 422 g/mol. The molecule has 2 aliphatic rings. The molecule has 7 nitrogen and oxygen atoms in total. The summed E-state index contributed by atoms with van der Waals surface area (Å²) >= 11 is 0. The van der Waals surface area contributed by atoms with Crippen molar-refractivity contribution in [2.45, 2.75) is 44.4 Å². The number of aryl methyl sites for hydroxylation is 1. The highest BCUT2D eigenvalue weighted by Crippen LogP contribution is 2.42. The lowest BCUT2D eigenvalue weighted by Gasteiger charge is -2.10. The molecular weight excluding hydrogens is 402 g/mol. The Hall–Kier alpha value is -3.49. The Morgan fingerprint density at radius 1 is 1.00 bits per heavy atom. The smallest absolute Gasteiger partial charge is 0.324 e. The van der Waals surface area contributed by atoms with Crippen molar-refractivity contribution in [3.05, 3.63) is 53.0 Å². The van der Waals surface area contributed by atoms with Gasteiger partial charge < -0.3 is 15.0 Å². The second-order valence-corrected chi connectivity index (χ2v) is 8.36. The molecule has 9 heteroatoms. The van der Waals surface area contributed by atoms with E-state index in [9.17, 15) is 8.78 Å². The van der Waals surface area contributed by atoms with E-state index in [4.69, 9.17) is 4.74 Å². The Kier molecular flexibility index (Phi) is 3.99. The quantitative estimate of drug-likeness (QED) is 0.378. The molecule has 158 valence electrons. The zero-order valence-electron chi connectivity index (χ0n) is 16.8. The van der Waals surface area contributed by atoms with Crippen LogP contribution in [0.5, 0.6) is 11.8 Å². The highest BCUT2D eigenvalue weighted by molar-refractivity contribution is 5.83. The molecule has 0 atom stereocenters. The number of aromatic amines is 2. The van der Waals surface area contributed by atoms with Crippen LogP contribution in [-0.2, 0) is 0 Å². The van der Waals surface area contributed by atoms with E-state index in [1.54, 1.807) is 13.0 Å². The number of benzene rings is 1. The molecule has 0 amide bonds. The molecule has 3 N–H and O–H groups in total. The van der Waals surface area contributed by atoms with Crippen molar-refractivity contribution in [2.24, 2.45) is 0 Å². The fourth-order valence-corrected chi connectivity index (χ4v) is 3.78. The van der Waals surface area contributed by atoms with Gasteiger partial charge in [-0.3, -0.25) is 5.10 Å². The van der Waals surface area contributed by atoms with Crippen LogP contribution in [0.2, 0.25) is 0 Å². The number of hydrogen-bond donors (Lipinski definition) is 3. The predicted octanol–water partition coefficient (Wildman–Crippen LogP) is 5.56. The van der Waals surface area contributed by atoms with Crippen LogP contribution in [0.25, 0.3) is 10.9 Å². The molecule has 0 saturated heterocycles. The molecule has 0 radical (unpaired) electrons. The molecule has 2 fully saturated rings. The molecule has 3 heterocycles. The van der Waals surface area contributed by atoms with Gasteiger partial charge in [-0.2, -0.15) is 15.1 Å². The number of nitrogens with one attached hydrogen (secondary N) is 3. The molecule has 4 aromatic rings. The van der Waals surface area contributed by atoms with Crippen LogP contribution < -0.4 is 10.1 Å². The summed E-state index contributed by atoms with van der Waals surface area (Å²) in [4.78, 5) is 11.6. The minimum Gasteiger partial charge on any atom is -0.421 e. The minimum absolute atomic E-state index is 0.0326. The normalized spacial score (nSPS) is 16.1. The Morgan fingerprint density at radius 3 is 2.58 bits per heavy atom. The molecule has 31 heavy (non-hydrogen) atoms. The molecule has 0 aliphatic heterocycles. The van der Waals surface area contributed by atoms with Crippen LogP contribution in [0.3, 0.4) is 0 Å². The summed E-state index contributed by atoms with van der Waals surface area (Å²) in [6.07, 6.45) is 4.40. The molecule has 2 saturated carbocycles. The first-order valence-corrected chi connectivity index (χ1v) is 10.4. The van der Waals surface area contributed by atoms with Crippen LogP contribution in [0.4, 0.5) is 20.4 Å². The SMILES string of the molecule is Cc1cc2c(F)c(Oc3nc(Nc4cc(C5CC5)[nH]n4)cc(C4CC4)n3)cc(F)c2[nH]1. The number of anilines is 2. The van der Waals surface area contributed by atoms with Gasteiger partial charge in [-0.1, -0.05) is 0 Å². The average molecular weight is 422 g/mol. The van der Waals surface area contributed by atoms with Gasteiger partial charge in [0.25, 0.3) is 0 Å². The van der Waals surface area contributed by atoms with Gasteiger partial charge in [0.1, 0.15) is 5.82 Å². The van der Waals surface area contributed by atoms with Gasteiger partial charge in [0.2, 0.25) is 0 Å². The van der Waals surface area contributed by atoms with Crippen LogP contribution in [0.15, 0.2) is 24.3 Å². The molecule has 3 aromatic heterocycles. The summed E-state index contributed by atoms with van der Waals surface area (Å²) < 4.78 is 35.0. The third kappa shape index (κ3) is 3.49. The van der Waals surface area contributed by atoms with E-state index in [-0.39, 0.29) is 22.7 Å². The van der Waals surface area contributed by atoms with Crippen molar-refractivity contribution < 1.29 is 13.5 Å². The lowest BCUT2D eigenvalue weighted by molar-refractivity contribution is 0.409. The second kappa shape index (κ2) is 6.76. The van der Waals surface area contributed by atoms with Crippen LogP contribution >= 0.6 is 0 Å². The Bertz CT molecular complexity index is 1310. The Morgan fingerprint density at radius 2 is 1.81 bits per heavy atom. The van der Waals surface area contributed by atoms with E-state index in [2.05, 4.69) is 30.5 Å². The van der Waals surface area contributed by atoms with Crippen LogP contribution in [0, 0.1) is 18.6 Å². The molecular formula is C22H20F2N6O. The predicted molar refractivity (Wildman–Crippen MR) is 111 cm³/mol. The van der Waals surface area contributed by atoms with Gasteiger partial charge in [-0.15, -0.1) is 0 Å². The standard InChI is InChI=1S/C22H20F2N6O/c1-10-6-13-20(24)17(7-14(23)21(13)25-10)31-22-26-15(11-2-3-11)8-18(28-22)27-19-9-16(29-30-19)12-4-5-12/h6-9,11-12,25H,2-5H2,1H3,(H2,26,27,28,29,30). The first-order chi connectivity index (χ1) is 15.0. The van der Waals surface area contributed by atoms with Crippen LogP contribution in [0.1, 0.15) is 54.6 Å². The number of H-pyrrole nitrogens is 2. The number of hydrogen-bond acceptors (Lipinski definition) is 5. The van der Waals surface area contributed by atoms with Crippen LogP contribution in [-0.4, -0.2) is 25.1 Å². The lowest BCUT2D eigenvalue weighted by Crippen LogP contribution is -2.02. The number of fused-ring (bicyclic) bond motifs is 1. The third-order valence-electron chi connectivity index (χ3n) is 5.70. The summed E-state index contributed by atoms with van der Waals surface area (Å²) in [5.41, 5.74) is 2.68. The van der Waals surface area contributed by atoms with E-state index in [0.717, 1.165) is 30.3 Å². The van der Waals surface area contributed by atoms with Gasteiger partial charge in [0.05, 0.1) is 11.2 Å². The van der Waals surface area contributed by atoms with Crippen molar-refractivity contribution in [1.82, 2.24) is 25.1 Å². The number of nitrogens with zero attached hydrogens (tertiary/aromatic N) is 3. The summed E-state index contributed by atoms with van der Waals surface area (Å²) in [5.74, 6) is 0.522. The van der Waals surface area contributed by atoms with Crippen molar-refractivity contribution in [2.75, 3.05) is 5.32 Å². The molecule has 6 rings (SSSR count). The van der Waals surface area contributed by atoms with E-state index in [1.807, 2.05) is 12.1 Å². The highest BCUT2D eigenvalue weighted by Gasteiger charge is 2.28. The zero-order chi connectivity index (χ0) is 21.1. The van der Waals surface area contributed by atoms with E-state index >= 15 is 0 Å². The average Bonchev–Trinajstić information content (AvgIpc) is 3.67. The number of ether oxygens (including phenoxy) is 1. The molecule has 0 bridgehead atoms. The topological polar surface area (TPSA) is 91.5 Å². The van der Waals surface area contributed by atoms with E-state index in [1.165, 1.54) is 12.8 Å². The van der Waals surface area contributed by atoms with Gasteiger partial charge >= 0.3 is 6.01 Å². The minimum atomic E-state index is -0.655. The number of aromatic nitrogens is 5. The zero-order valence-corrected chi connectivity index (χ0v) is 16.8. The largest absolute Gasteiger partial charge is 0.421 e. The molecule has 0 spiro atoms.